The molecule has 0 fully saturated rings. The third-order valence-electron chi connectivity index (χ3n) is 3.40. The molecule has 0 aromatic rings. The van der Waals surface area contributed by atoms with Gasteiger partial charge in [0.05, 0.1) is 18.4 Å². The van der Waals surface area contributed by atoms with E-state index >= 15 is 0 Å². The number of hydrogen-bond donors (Lipinski definition) is 0. The SMILES string of the molecule is C[Si](C)(C)CCOCN1C=NC2C=CC(CCl)=CC21. The van der Waals surface area contributed by atoms with Gasteiger partial charge in [-0.15, -0.1) is 11.6 Å². The van der Waals surface area contributed by atoms with Crippen molar-refractivity contribution >= 4 is 26.0 Å². The summed E-state index contributed by atoms with van der Waals surface area (Å²) in [6.07, 6.45) is 8.30. The maximum atomic E-state index is 5.89. The summed E-state index contributed by atoms with van der Waals surface area (Å²) >= 11 is 5.89. The van der Waals surface area contributed by atoms with Crippen molar-refractivity contribution in [1.29, 1.82) is 0 Å². The molecule has 2 atom stereocenters. The van der Waals surface area contributed by atoms with E-state index in [0.717, 1.165) is 6.61 Å². The van der Waals surface area contributed by atoms with Crippen molar-refractivity contribution in [3.8, 4) is 0 Å². The summed E-state index contributed by atoms with van der Waals surface area (Å²) in [5.41, 5.74) is 1.17. The van der Waals surface area contributed by atoms with Crippen LogP contribution >= 0.6 is 11.6 Å². The normalized spacial score (nSPS) is 25.7. The fraction of sp³-hybridized carbons (Fsp3) is 0.643. The zero-order chi connectivity index (χ0) is 13.9. The van der Waals surface area contributed by atoms with Crippen LogP contribution in [0.15, 0.2) is 28.8 Å². The van der Waals surface area contributed by atoms with Crippen LogP contribution in [0.4, 0.5) is 0 Å². The zero-order valence-electron chi connectivity index (χ0n) is 12.0. The zero-order valence-corrected chi connectivity index (χ0v) is 13.7. The van der Waals surface area contributed by atoms with Gasteiger partial charge in [0.25, 0.3) is 0 Å². The number of ether oxygens (including phenoxy) is 1. The smallest absolute Gasteiger partial charge is 0.120 e. The predicted octanol–water partition coefficient (Wildman–Crippen LogP) is 3.11. The summed E-state index contributed by atoms with van der Waals surface area (Å²) in [6.45, 7) is 8.57. The molecule has 1 aliphatic heterocycles. The average Bonchev–Trinajstić information content (AvgIpc) is 2.76. The molecule has 0 bridgehead atoms. The van der Waals surface area contributed by atoms with Gasteiger partial charge >= 0.3 is 0 Å². The van der Waals surface area contributed by atoms with Crippen LogP contribution in [-0.2, 0) is 4.74 Å². The minimum Gasteiger partial charge on any atom is -0.361 e. The number of allylic oxidation sites excluding steroid dienone is 2. The number of nitrogens with zero attached hydrogens (tertiary/aromatic N) is 2. The van der Waals surface area contributed by atoms with E-state index in [2.05, 4.69) is 47.8 Å². The molecule has 2 rings (SSSR count). The van der Waals surface area contributed by atoms with Gasteiger partial charge in [-0.05, 0) is 11.6 Å². The van der Waals surface area contributed by atoms with Gasteiger partial charge in [0.2, 0.25) is 0 Å². The first kappa shape index (κ1) is 14.8. The van der Waals surface area contributed by atoms with Crippen LogP contribution in [-0.4, -0.2) is 50.6 Å². The lowest BCUT2D eigenvalue weighted by atomic mass is 9.99. The molecule has 0 spiro atoms. The molecule has 0 aromatic heterocycles. The Bertz CT molecular complexity index is 401. The van der Waals surface area contributed by atoms with Gasteiger partial charge in [-0.3, -0.25) is 4.99 Å². The van der Waals surface area contributed by atoms with E-state index < -0.39 is 8.07 Å². The summed E-state index contributed by atoms with van der Waals surface area (Å²) in [5.74, 6) is 0.560. The molecule has 0 radical (unpaired) electrons. The van der Waals surface area contributed by atoms with E-state index in [9.17, 15) is 0 Å². The fourth-order valence-electron chi connectivity index (χ4n) is 2.14. The number of halogens is 1. The van der Waals surface area contributed by atoms with Crippen LogP contribution < -0.4 is 0 Å². The molecule has 1 aliphatic carbocycles. The maximum Gasteiger partial charge on any atom is 0.120 e. The Labute approximate surface area is 122 Å². The summed E-state index contributed by atoms with van der Waals surface area (Å²) in [6, 6.07) is 1.72. The molecule has 0 saturated carbocycles. The quantitative estimate of drug-likeness (QED) is 0.428. The molecule has 106 valence electrons. The van der Waals surface area contributed by atoms with Gasteiger partial charge in [0, 0.05) is 20.6 Å². The van der Waals surface area contributed by atoms with Crippen molar-refractivity contribution in [2.75, 3.05) is 19.2 Å². The van der Waals surface area contributed by atoms with Crippen molar-refractivity contribution < 1.29 is 4.74 Å². The summed E-state index contributed by atoms with van der Waals surface area (Å²) in [7, 11) is -1.00. The molecule has 2 aliphatic rings. The Hall–Kier alpha value is -0.583. The molecule has 0 amide bonds. The van der Waals surface area contributed by atoms with Gasteiger partial charge in [-0.2, -0.15) is 0 Å². The van der Waals surface area contributed by atoms with Gasteiger partial charge in [-0.25, -0.2) is 0 Å². The van der Waals surface area contributed by atoms with Crippen LogP contribution in [0.5, 0.6) is 0 Å². The van der Waals surface area contributed by atoms with E-state index in [1.807, 2.05) is 6.34 Å². The first-order valence-corrected chi connectivity index (χ1v) is 11.1. The second-order valence-electron chi connectivity index (χ2n) is 6.34. The third-order valence-corrected chi connectivity index (χ3v) is 5.42. The van der Waals surface area contributed by atoms with Gasteiger partial charge < -0.3 is 9.64 Å². The molecule has 19 heavy (non-hydrogen) atoms. The lowest BCUT2D eigenvalue weighted by Gasteiger charge is -2.27. The lowest BCUT2D eigenvalue weighted by Crippen LogP contribution is -2.37. The number of aliphatic imine (C=N–C) groups is 1. The minimum atomic E-state index is -1.00. The minimum absolute atomic E-state index is 0.229. The predicted molar refractivity (Wildman–Crippen MR) is 84.8 cm³/mol. The van der Waals surface area contributed by atoms with Crippen LogP contribution in [0.25, 0.3) is 0 Å². The Kier molecular flexibility index (Phi) is 4.87. The molecule has 0 saturated heterocycles. The molecule has 0 aromatic carbocycles. The first-order chi connectivity index (χ1) is 8.99. The topological polar surface area (TPSA) is 24.8 Å². The maximum absolute atomic E-state index is 5.89. The molecule has 2 unspecified atom stereocenters. The molecular weight excluding hydrogens is 276 g/mol. The van der Waals surface area contributed by atoms with E-state index in [0.29, 0.717) is 12.6 Å². The Balaban J connectivity index is 1.81. The third kappa shape index (κ3) is 4.19. The summed E-state index contributed by atoms with van der Waals surface area (Å²) < 4.78 is 5.79. The van der Waals surface area contributed by atoms with Crippen molar-refractivity contribution in [3.63, 3.8) is 0 Å². The number of rotatable bonds is 6. The van der Waals surface area contributed by atoms with Gasteiger partial charge in [0.15, 0.2) is 0 Å². The standard InChI is InChI=1S/C14H23ClN2OSi/c1-19(2,3)7-6-18-11-17-10-16-13-5-4-12(9-15)8-14(13)17/h4-5,8,10,13-14H,6-7,9,11H2,1-3H3. The highest BCUT2D eigenvalue weighted by molar-refractivity contribution is 6.76. The molecular formula is C14H23ClN2OSi. The van der Waals surface area contributed by atoms with Crippen molar-refractivity contribution in [2.45, 2.75) is 37.8 Å². The van der Waals surface area contributed by atoms with Crippen molar-refractivity contribution in [2.24, 2.45) is 4.99 Å². The van der Waals surface area contributed by atoms with E-state index in [4.69, 9.17) is 16.3 Å². The van der Waals surface area contributed by atoms with Crippen LogP contribution in [0.3, 0.4) is 0 Å². The molecule has 1 heterocycles. The highest BCUT2D eigenvalue weighted by Crippen LogP contribution is 2.23. The van der Waals surface area contributed by atoms with Crippen molar-refractivity contribution in [3.05, 3.63) is 23.8 Å². The lowest BCUT2D eigenvalue weighted by molar-refractivity contribution is 0.0679. The first-order valence-electron chi connectivity index (χ1n) is 6.81. The van der Waals surface area contributed by atoms with E-state index in [1.165, 1.54) is 11.6 Å². The summed E-state index contributed by atoms with van der Waals surface area (Å²) in [4.78, 5) is 6.65. The number of hydrogen-bond acceptors (Lipinski definition) is 3. The highest BCUT2D eigenvalue weighted by atomic mass is 35.5. The van der Waals surface area contributed by atoms with Crippen LogP contribution in [0, 0.1) is 0 Å². The monoisotopic (exact) mass is 298 g/mol. The van der Waals surface area contributed by atoms with E-state index in [1.54, 1.807) is 0 Å². The van der Waals surface area contributed by atoms with Gasteiger partial charge in [0.1, 0.15) is 6.73 Å². The Morgan fingerprint density at radius 1 is 1.42 bits per heavy atom. The Morgan fingerprint density at radius 3 is 2.89 bits per heavy atom. The Morgan fingerprint density at radius 2 is 2.21 bits per heavy atom. The summed E-state index contributed by atoms with van der Waals surface area (Å²) in [5, 5.41) is 0. The second-order valence-corrected chi connectivity index (χ2v) is 12.2. The fourth-order valence-corrected chi connectivity index (χ4v) is 3.07. The average molecular weight is 299 g/mol. The number of alkyl halides is 1. The van der Waals surface area contributed by atoms with Crippen LogP contribution in [0.1, 0.15) is 0 Å². The highest BCUT2D eigenvalue weighted by Gasteiger charge is 2.29. The number of fused-ring (bicyclic) bond motifs is 1. The molecule has 5 heteroatoms. The largest absolute Gasteiger partial charge is 0.361 e. The van der Waals surface area contributed by atoms with Gasteiger partial charge in [-0.1, -0.05) is 37.9 Å². The second kappa shape index (κ2) is 6.24. The molecule has 3 nitrogen and oxygen atoms in total. The van der Waals surface area contributed by atoms with Crippen molar-refractivity contribution in [1.82, 2.24) is 4.90 Å². The molecule has 0 N–H and O–H groups in total. The van der Waals surface area contributed by atoms with E-state index in [-0.39, 0.29) is 12.1 Å². The van der Waals surface area contributed by atoms with Crippen LogP contribution in [0.2, 0.25) is 25.7 Å².